The lowest BCUT2D eigenvalue weighted by Gasteiger charge is -2.15. The fourth-order valence-corrected chi connectivity index (χ4v) is 3.13. The zero-order chi connectivity index (χ0) is 17.1. The van der Waals surface area contributed by atoms with Gasteiger partial charge in [-0.05, 0) is 12.5 Å². The SMILES string of the molecule is CCOC(=O)C(CSCc1ccccc1)[NH2+]CC(Cl)C(=O)OC. The number of quaternary nitrogens is 1. The molecule has 0 saturated carbocycles. The average Bonchev–Trinajstić information content (AvgIpc) is 2.57. The Morgan fingerprint density at radius 3 is 2.57 bits per heavy atom. The number of nitrogens with two attached hydrogens (primary N) is 1. The summed E-state index contributed by atoms with van der Waals surface area (Å²) >= 11 is 7.57. The summed E-state index contributed by atoms with van der Waals surface area (Å²) in [6.07, 6.45) is 0. The quantitative estimate of drug-likeness (QED) is 0.501. The predicted octanol–water partition coefficient (Wildman–Crippen LogP) is 1.20. The second-order valence-electron chi connectivity index (χ2n) is 4.82. The van der Waals surface area contributed by atoms with Crippen molar-refractivity contribution in [3.8, 4) is 0 Å². The van der Waals surface area contributed by atoms with Crippen LogP contribution in [0.25, 0.3) is 0 Å². The van der Waals surface area contributed by atoms with Gasteiger partial charge in [0, 0.05) is 5.75 Å². The lowest BCUT2D eigenvalue weighted by atomic mass is 10.2. The molecule has 23 heavy (non-hydrogen) atoms. The minimum Gasteiger partial charge on any atom is -0.468 e. The molecule has 128 valence electrons. The van der Waals surface area contributed by atoms with E-state index in [0.29, 0.717) is 12.4 Å². The first kappa shape index (κ1) is 19.8. The smallest absolute Gasteiger partial charge is 0.365 e. The van der Waals surface area contributed by atoms with Crippen molar-refractivity contribution in [1.82, 2.24) is 0 Å². The van der Waals surface area contributed by atoms with Crippen LogP contribution in [-0.4, -0.2) is 49.4 Å². The third-order valence-electron chi connectivity index (χ3n) is 3.08. The highest BCUT2D eigenvalue weighted by atomic mass is 35.5. The van der Waals surface area contributed by atoms with Gasteiger partial charge in [-0.3, -0.25) is 4.79 Å². The van der Waals surface area contributed by atoms with E-state index in [1.54, 1.807) is 24.0 Å². The fourth-order valence-electron chi connectivity index (χ4n) is 1.87. The van der Waals surface area contributed by atoms with Crippen LogP contribution in [0.15, 0.2) is 30.3 Å². The van der Waals surface area contributed by atoms with Gasteiger partial charge in [-0.25, -0.2) is 4.79 Å². The lowest BCUT2D eigenvalue weighted by Crippen LogP contribution is -2.94. The molecule has 0 aromatic heterocycles. The molecule has 2 atom stereocenters. The van der Waals surface area contributed by atoms with Gasteiger partial charge in [0.2, 0.25) is 0 Å². The second kappa shape index (κ2) is 11.3. The van der Waals surface area contributed by atoms with E-state index in [1.165, 1.54) is 12.7 Å². The molecule has 0 bridgehead atoms. The van der Waals surface area contributed by atoms with Crippen LogP contribution < -0.4 is 5.32 Å². The van der Waals surface area contributed by atoms with E-state index in [1.807, 2.05) is 30.3 Å². The number of halogens is 1. The summed E-state index contributed by atoms with van der Waals surface area (Å²) in [6.45, 7) is 2.36. The van der Waals surface area contributed by atoms with Crippen molar-refractivity contribution in [2.45, 2.75) is 24.1 Å². The molecule has 0 aliphatic heterocycles. The largest absolute Gasteiger partial charge is 0.468 e. The van der Waals surface area contributed by atoms with Crippen LogP contribution in [0.1, 0.15) is 12.5 Å². The molecule has 2 unspecified atom stereocenters. The van der Waals surface area contributed by atoms with Gasteiger partial charge in [0.25, 0.3) is 0 Å². The highest BCUT2D eigenvalue weighted by molar-refractivity contribution is 7.98. The third kappa shape index (κ3) is 7.72. The number of hydrogen-bond acceptors (Lipinski definition) is 5. The maximum absolute atomic E-state index is 12.0. The van der Waals surface area contributed by atoms with E-state index in [-0.39, 0.29) is 12.5 Å². The minimum atomic E-state index is -0.781. The van der Waals surface area contributed by atoms with Crippen LogP contribution in [-0.2, 0) is 24.8 Å². The maximum Gasteiger partial charge on any atom is 0.365 e. The van der Waals surface area contributed by atoms with Crippen LogP contribution in [0.3, 0.4) is 0 Å². The zero-order valence-corrected chi connectivity index (χ0v) is 14.9. The minimum absolute atomic E-state index is 0.267. The molecule has 0 amide bonds. The fraction of sp³-hybridized carbons (Fsp3) is 0.500. The van der Waals surface area contributed by atoms with E-state index in [4.69, 9.17) is 16.3 Å². The molecule has 0 aliphatic carbocycles. The average molecular weight is 361 g/mol. The monoisotopic (exact) mass is 360 g/mol. The lowest BCUT2D eigenvalue weighted by molar-refractivity contribution is -0.672. The zero-order valence-electron chi connectivity index (χ0n) is 13.4. The Kier molecular flexibility index (Phi) is 9.75. The summed E-state index contributed by atoms with van der Waals surface area (Å²) in [6, 6.07) is 9.63. The number of benzene rings is 1. The van der Waals surface area contributed by atoms with Crippen LogP contribution in [0, 0.1) is 0 Å². The second-order valence-corrected chi connectivity index (χ2v) is 6.38. The van der Waals surface area contributed by atoms with E-state index in [2.05, 4.69) is 4.74 Å². The molecule has 5 nitrogen and oxygen atoms in total. The van der Waals surface area contributed by atoms with Gasteiger partial charge in [0.1, 0.15) is 6.54 Å². The van der Waals surface area contributed by atoms with Crippen LogP contribution in [0.2, 0.25) is 0 Å². The van der Waals surface area contributed by atoms with Gasteiger partial charge in [0.05, 0.1) is 19.5 Å². The first-order chi connectivity index (χ1) is 11.1. The van der Waals surface area contributed by atoms with Crippen molar-refractivity contribution in [2.75, 3.05) is 26.0 Å². The Labute approximate surface area is 146 Å². The Hall–Kier alpha value is -1.24. The molecule has 0 heterocycles. The summed E-state index contributed by atoms with van der Waals surface area (Å²) in [4.78, 5) is 23.3. The summed E-state index contributed by atoms with van der Waals surface area (Å²) in [7, 11) is 1.29. The Morgan fingerprint density at radius 1 is 1.26 bits per heavy atom. The van der Waals surface area contributed by atoms with E-state index in [9.17, 15) is 9.59 Å². The van der Waals surface area contributed by atoms with Gasteiger partial charge >= 0.3 is 11.9 Å². The number of methoxy groups -OCH3 is 1. The number of rotatable bonds is 10. The van der Waals surface area contributed by atoms with Gasteiger partial charge in [0.15, 0.2) is 11.4 Å². The number of ether oxygens (including phenoxy) is 2. The van der Waals surface area contributed by atoms with E-state index >= 15 is 0 Å². The highest BCUT2D eigenvalue weighted by Gasteiger charge is 2.26. The molecule has 1 aromatic rings. The van der Waals surface area contributed by atoms with Crippen LogP contribution in [0.5, 0.6) is 0 Å². The van der Waals surface area contributed by atoms with Gasteiger partial charge in [-0.1, -0.05) is 30.3 Å². The number of thioether (sulfide) groups is 1. The van der Waals surface area contributed by atoms with Crippen LogP contribution in [0.4, 0.5) is 0 Å². The van der Waals surface area contributed by atoms with Gasteiger partial charge in [-0.2, -0.15) is 11.8 Å². The molecule has 0 aliphatic rings. The number of hydrogen-bond donors (Lipinski definition) is 1. The van der Waals surface area contributed by atoms with Crippen molar-refractivity contribution >= 4 is 35.3 Å². The summed E-state index contributed by atoms with van der Waals surface area (Å²) in [5, 5.41) is 0.959. The van der Waals surface area contributed by atoms with Crippen molar-refractivity contribution in [3.05, 3.63) is 35.9 Å². The summed E-state index contributed by atoms with van der Waals surface area (Å²) in [5.41, 5.74) is 1.20. The number of carbonyl (C=O) groups is 2. The summed E-state index contributed by atoms with van der Waals surface area (Å²) in [5.74, 6) is 0.606. The Bertz CT molecular complexity index is 486. The topological polar surface area (TPSA) is 69.2 Å². The molecule has 0 fully saturated rings. The maximum atomic E-state index is 12.0. The molecule has 7 heteroatoms. The molecular weight excluding hydrogens is 338 g/mol. The molecule has 1 aromatic carbocycles. The van der Waals surface area contributed by atoms with Gasteiger partial charge < -0.3 is 14.8 Å². The molecule has 0 radical (unpaired) electrons. The summed E-state index contributed by atoms with van der Waals surface area (Å²) < 4.78 is 9.66. The molecule has 0 saturated heterocycles. The first-order valence-corrected chi connectivity index (χ1v) is 9.01. The normalized spacial score (nSPS) is 13.2. The third-order valence-corrected chi connectivity index (χ3v) is 4.57. The number of esters is 2. The number of alkyl halides is 1. The van der Waals surface area contributed by atoms with Crippen molar-refractivity contribution in [1.29, 1.82) is 0 Å². The Balaban J connectivity index is 2.48. The highest BCUT2D eigenvalue weighted by Crippen LogP contribution is 2.12. The Morgan fingerprint density at radius 2 is 1.96 bits per heavy atom. The standard InChI is InChI=1S/C16H22ClNO4S/c1-3-22-16(20)14(18-9-13(17)15(19)21-2)11-23-10-12-7-5-4-6-8-12/h4-8,13-14,18H,3,9-11H2,1-2H3/p+1. The molecule has 0 spiro atoms. The number of carbonyl (C=O) groups excluding carboxylic acids is 2. The first-order valence-electron chi connectivity index (χ1n) is 7.42. The predicted molar refractivity (Wildman–Crippen MR) is 91.5 cm³/mol. The van der Waals surface area contributed by atoms with Crippen LogP contribution >= 0.6 is 23.4 Å². The molecule has 1 rings (SSSR count). The van der Waals surface area contributed by atoms with Crippen molar-refractivity contribution in [3.63, 3.8) is 0 Å². The molecule has 2 N–H and O–H groups in total. The van der Waals surface area contributed by atoms with Crippen molar-refractivity contribution in [2.24, 2.45) is 0 Å². The van der Waals surface area contributed by atoms with E-state index in [0.717, 1.165) is 5.75 Å². The van der Waals surface area contributed by atoms with E-state index < -0.39 is 17.4 Å². The van der Waals surface area contributed by atoms with Crippen molar-refractivity contribution < 1.29 is 24.4 Å². The molecular formula is C16H23ClNO4S+. The van der Waals surface area contributed by atoms with Gasteiger partial charge in [-0.15, -0.1) is 11.6 Å².